The van der Waals surface area contributed by atoms with Gasteiger partial charge < -0.3 is 10.0 Å². The molecule has 0 aromatic heterocycles. The van der Waals surface area contributed by atoms with Crippen molar-refractivity contribution in [1.29, 1.82) is 0 Å². The molecule has 86 valence electrons. The molecule has 0 aliphatic heterocycles. The predicted octanol–water partition coefficient (Wildman–Crippen LogP) is 1.69. The van der Waals surface area contributed by atoms with Gasteiger partial charge in [0.05, 0.1) is 0 Å². The summed E-state index contributed by atoms with van der Waals surface area (Å²) in [5.74, 6) is -1.90. The lowest BCUT2D eigenvalue weighted by Gasteiger charge is -2.20. The number of hydrogen-bond acceptors (Lipinski definition) is 2. The Balaban J connectivity index is 3.20. The Morgan fingerprint density at radius 3 is 2.62 bits per heavy atom. The summed E-state index contributed by atoms with van der Waals surface area (Å²) in [5, 5.41) is 9.03. The third-order valence-corrected chi connectivity index (χ3v) is 2.23. The number of rotatable bonds is 4. The van der Waals surface area contributed by atoms with E-state index in [1.165, 1.54) is 13.1 Å². The maximum Gasteiger partial charge on any atom is 0.331 e. The molecule has 0 saturated carbocycles. The van der Waals surface area contributed by atoms with Gasteiger partial charge in [-0.25, -0.2) is 9.18 Å². The van der Waals surface area contributed by atoms with Gasteiger partial charge in [-0.15, -0.1) is 0 Å². The van der Waals surface area contributed by atoms with Gasteiger partial charge in [-0.3, -0.25) is 4.79 Å². The van der Waals surface area contributed by atoms with Crippen LogP contribution in [0.1, 0.15) is 11.6 Å². The Morgan fingerprint density at radius 2 is 2.19 bits per heavy atom. The van der Waals surface area contributed by atoms with E-state index in [0.717, 1.165) is 17.0 Å². The summed E-state index contributed by atoms with van der Waals surface area (Å²) in [4.78, 5) is 22.4. The van der Waals surface area contributed by atoms with E-state index in [1.54, 1.807) is 0 Å². The lowest BCUT2D eigenvalue weighted by Crippen LogP contribution is -2.29. The molecule has 0 fully saturated rings. The molecule has 1 N–H and O–H groups in total. The van der Waals surface area contributed by atoms with E-state index < -0.39 is 17.8 Å². The average Bonchev–Trinajstić information content (AvgIpc) is 2.15. The van der Waals surface area contributed by atoms with E-state index in [2.05, 4.69) is 0 Å². The molecule has 6 heteroatoms. The highest BCUT2D eigenvalue weighted by molar-refractivity contribution is 6.30. The van der Waals surface area contributed by atoms with Crippen molar-refractivity contribution in [3.63, 3.8) is 0 Å². The van der Waals surface area contributed by atoms with Crippen LogP contribution < -0.4 is 0 Å². The molecule has 0 heterocycles. The Labute approximate surface area is 96.2 Å². The number of halogens is 2. The molecule has 0 spiro atoms. The van der Waals surface area contributed by atoms with Gasteiger partial charge in [0.2, 0.25) is 6.41 Å². The van der Waals surface area contributed by atoms with E-state index in [-0.39, 0.29) is 10.6 Å². The van der Waals surface area contributed by atoms with E-state index in [0.29, 0.717) is 6.41 Å². The van der Waals surface area contributed by atoms with Gasteiger partial charge in [0, 0.05) is 12.1 Å². The first kappa shape index (κ1) is 12.4. The Morgan fingerprint density at radius 1 is 1.56 bits per heavy atom. The van der Waals surface area contributed by atoms with Crippen LogP contribution in [0, 0.1) is 5.82 Å². The predicted molar refractivity (Wildman–Crippen MR) is 55.6 cm³/mol. The molecule has 1 amide bonds. The second kappa shape index (κ2) is 4.94. The molecule has 1 aromatic carbocycles. The van der Waals surface area contributed by atoms with Gasteiger partial charge in [0.25, 0.3) is 0 Å². The van der Waals surface area contributed by atoms with Crippen molar-refractivity contribution >= 4 is 24.0 Å². The zero-order chi connectivity index (χ0) is 12.3. The van der Waals surface area contributed by atoms with E-state index >= 15 is 0 Å². The number of amides is 1. The molecule has 4 nitrogen and oxygen atoms in total. The van der Waals surface area contributed by atoms with Crippen LogP contribution in [0.25, 0.3) is 0 Å². The first-order chi connectivity index (χ1) is 7.45. The molecule has 1 aromatic rings. The summed E-state index contributed by atoms with van der Waals surface area (Å²) in [7, 11) is 1.30. The minimum absolute atomic E-state index is 0.0838. The smallest absolute Gasteiger partial charge is 0.331 e. The second-order valence-electron chi connectivity index (χ2n) is 3.21. The van der Waals surface area contributed by atoms with Gasteiger partial charge in [0.15, 0.2) is 6.04 Å². The fourth-order valence-electron chi connectivity index (χ4n) is 1.35. The molecule has 1 rings (SSSR count). The third-order valence-electron chi connectivity index (χ3n) is 2.01. The quantitative estimate of drug-likeness (QED) is 0.822. The number of aliphatic carboxylic acids is 1. The fraction of sp³-hybridized carbons (Fsp3) is 0.200. The Kier molecular flexibility index (Phi) is 3.84. The SMILES string of the molecule is CN(C=O)C(C(=O)O)c1cc(F)cc(Cl)c1. The van der Waals surface area contributed by atoms with Gasteiger partial charge >= 0.3 is 5.97 Å². The molecule has 1 atom stereocenters. The molecule has 0 aliphatic rings. The molecule has 16 heavy (non-hydrogen) atoms. The van der Waals surface area contributed by atoms with Gasteiger partial charge in [-0.1, -0.05) is 11.6 Å². The fourth-order valence-corrected chi connectivity index (χ4v) is 1.58. The van der Waals surface area contributed by atoms with E-state index in [4.69, 9.17) is 16.7 Å². The number of carbonyl (C=O) groups excluding carboxylic acids is 1. The van der Waals surface area contributed by atoms with E-state index in [1.807, 2.05) is 0 Å². The summed E-state index contributed by atoms with van der Waals surface area (Å²) in [5.41, 5.74) is 0.118. The van der Waals surface area contributed by atoms with Gasteiger partial charge in [-0.2, -0.15) is 0 Å². The van der Waals surface area contributed by atoms with Crippen molar-refractivity contribution in [2.75, 3.05) is 7.05 Å². The summed E-state index contributed by atoms with van der Waals surface area (Å²) >= 11 is 5.61. The summed E-state index contributed by atoms with van der Waals surface area (Å²) in [6, 6.07) is 2.16. The number of carbonyl (C=O) groups is 2. The highest BCUT2D eigenvalue weighted by Crippen LogP contribution is 2.23. The van der Waals surface area contributed by atoms with Crippen LogP contribution in [0.15, 0.2) is 18.2 Å². The number of hydrogen-bond donors (Lipinski definition) is 1. The van der Waals surface area contributed by atoms with Gasteiger partial charge in [0.1, 0.15) is 5.82 Å². The Hall–Kier alpha value is -1.62. The van der Waals surface area contributed by atoms with Crippen molar-refractivity contribution in [1.82, 2.24) is 4.90 Å². The number of likely N-dealkylation sites (N-methyl/N-ethyl adjacent to an activating group) is 1. The average molecular weight is 246 g/mol. The van der Waals surface area contributed by atoms with Crippen molar-refractivity contribution in [3.05, 3.63) is 34.6 Å². The number of carboxylic acid groups (broad SMARTS) is 1. The monoisotopic (exact) mass is 245 g/mol. The zero-order valence-corrected chi connectivity index (χ0v) is 9.11. The standard InChI is InChI=1S/C10H9ClFNO3/c1-13(5-14)9(10(15)16)6-2-7(11)4-8(12)3-6/h2-5,9H,1H3,(H,15,16). The highest BCUT2D eigenvalue weighted by atomic mass is 35.5. The van der Waals surface area contributed by atoms with Crippen LogP contribution in [-0.2, 0) is 9.59 Å². The van der Waals surface area contributed by atoms with Crippen molar-refractivity contribution in [2.24, 2.45) is 0 Å². The first-order valence-electron chi connectivity index (χ1n) is 4.31. The zero-order valence-electron chi connectivity index (χ0n) is 8.35. The largest absolute Gasteiger partial charge is 0.479 e. The summed E-state index contributed by atoms with van der Waals surface area (Å²) < 4.78 is 13.0. The topological polar surface area (TPSA) is 57.6 Å². The third kappa shape index (κ3) is 2.70. The van der Waals surface area contributed by atoms with Crippen molar-refractivity contribution in [3.8, 4) is 0 Å². The van der Waals surface area contributed by atoms with Crippen LogP contribution in [-0.4, -0.2) is 29.4 Å². The van der Waals surface area contributed by atoms with E-state index in [9.17, 15) is 14.0 Å². The number of nitrogens with zero attached hydrogens (tertiary/aromatic N) is 1. The molecular weight excluding hydrogens is 237 g/mol. The van der Waals surface area contributed by atoms with Crippen LogP contribution in [0.2, 0.25) is 5.02 Å². The van der Waals surface area contributed by atoms with Crippen LogP contribution in [0.3, 0.4) is 0 Å². The Bertz CT molecular complexity index is 404. The highest BCUT2D eigenvalue weighted by Gasteiger charge is 2.24. The first-order valence-corrected chi connectivity index (χ1v) is 4.69. The normalized spacial score (nSPS) is 11.9. The second-order valence-corrected chi connectivity index (χ2v) is 3.65. The minimum Gasteiger partial charge on any atom is -0.479 e. The molecule has 0 radical (unpaired) electrons. The molecule has 1 unspecified atom stereocenters. The van der Waals surface area contributed by atoms with Crippen LogP contribution >= 0.6 is 11.6 Å². The maximum atomic E-state index is 13.0. The molecule has 0 bridgehead atoms. The minimum atomic E-state index is -1.25. The number of benzene rings is 1. The number of carboxylic acids is 1. The lowest BCUT2D eigenvalue weighted by molar-refractivity contribution is -0.145. The summed E-state index contributed by atoms with van der Waals surface area (Å²) in [6.07, 6.45) is 0.359. The molecule has 0 saturated heterocycles. The van der Waals surface area contributed by atoms with Crippen molar-refractivity contribution in [2.45, 2.75) is 6.04 Å². The van der Waals surface area contributed by atoms with Gasteiger partial charge in [-0.05, 0) is 23.8 Å². The molecular formula is C10H9ClFNO3. The van der Waals surface area contributed by atoms with Crippen LogP contribution in [0.5, 0.6) is 0 Å². The lowest BCUT2D eigenvalue weighted by atomic mass is 10.1. The molecule has 0 aliphatic carbocycles. The van der Waals surface area contributed by atoms with Crippen LogP contribution in [0.4, 0.5) is 4.39 Å². The summed E-state index contributed by atoms with van der Waals surface area (Å²) in [6.45, 7) is 0. The maximum absolute atomic E-state index is 13.0. The van der Waals surface area contributed by atoms with Crippen molar-refractivity contribution < 1.29 is 19.1 Å².